The Morgan fingerprint density at radius 2 is 1.51 bits per heavy atom. The average molecular weight is 773 g/mol. The molecule has 3 amide bonds. The number of carbonyl (C=O) groups excluding carboxylic acids is 3. The van der Waals surface area contributed by atoms with Gasteiger partial charge in [0.25, 0.3) is 11.5 Å². The van der Waals surface area contributed by atoms with Crippen LogP contribution in [0.15, 0.2) is 59.5 Å². The van der Waals surface area contributed by atoms with E-state index in [4.69, 9.17) is 9.47 Å². The van der Waals surface area contributed by atoms with Crippen molar-refractivity contribution in [2.45, 2.75) is 76.0 Å². The molecular weight excluding hydrogens is 721 g/mol. The first-order valence-electron chi connectivity index (χ1n) is 20.6. The second-order valence-electron chi connectivity index (χ2n) is 16.5. The number of piperidine rings is 3. The number of ether oxygens (including phenoxy) is 2. The van der Waals surface area contributed by atoms with Gasteiger partial charge in [0.2, 0.25) is 11.8 Å². The number of aromatic nitrogens is 1. The summed E-state index contributed by atoms with van der Waals surface area (Å²) in [5.41, 5.74) is 6.96. The Hall–Kier alpha value is -5.20. The van der Waals surface area contributed by atoms with E-state index in [1.807, 2.05) is 19.3 Å². The van der Waals surface area contributed by atoms with Gasteiger partial charge in [0, 0.05) is 74.1 Å². The molecule has 4 fully saturated rings. The van der Waals surface area contributed by atoms with Gasteiger partial charge in [0.1, 0.15) is 17.5 Å². The Kier molecular flexibility index (Phi) is 10.0. The van der Waals surface area contributed by atoms with Crippen molar-refractivity contribution < 1.29 is 23.9 Å². The molecule has 298 valence electrons. The zero-order valence-corrected chi connectivity index (χ0v) is 33.2. The maximum Gasteiger partial charge on any atom is 0.258 e. The molecule has 0 saturated carbocycles. The van der Waals surface area contributed by atoms with Gasteiger partial charge in [-0.25, -0.2) is 0 Å². The predicted molar refractivity (Wildman–Crippen MR) is 219 cm³/mol. The molecule has 9 rings (SSSR count). The molecule has 0 radical (unpaired) electrons. The van der Waals surface area contributed by atoms with Crippen molar-refractivity contribution in [3.8, 4) is 22.6 Å². The number of imide groups is 1. The molecule has 1 aromatic heterocycles. The van der Waals surface area contributed by atoms with E-state index < -0.39 is 6.04 Å². The van der Waals surface area contributed by atoms with Crippen molar-refractivity contribution in [1.82, 2.24) is 24.6 Å². The highest BCUT2D eigenvalue weighted by atomic mass is 16.5. The van der Waals surface area contributed by atoms with Crippen molar-refractivity contribution in [1.29, 1.82) is 0 Å². The molecule has 5 aliphatic heterocycles. The molecule has 57 heavy (non-hydrogen) atoms. The van der Waals surface area contributed by atoms with Crippen LogP contribution < -0.4 is 25.2 Å². The second kappa shape index (κ2) is 15.3. The fourth-order valence-electron chi connectivity index (χ4n) is 9.84. The fraction of sp³-hybridized carbons (Fsp3) is 0.467. The molecule has 12 heteroatoms. The number of likely N-dealkylation sites (tertiary alicyclic amines) is 2. The summed E-state index contributed by atoms with van der Waals surface area (Å²) in [7, 11) is 5.24. The number of nitrogens with zero attached hydrogens (tertiary/aromatic N) is 5. The van der Waals surface area contributed by atoms with Gasteiger partial charge in [0.15, 0.2) is 0 Å². The number of nitrogens with one attached hydrogen (secondary N) is 1. The minimum Gasteiger partial charge on any atom is -0.496 e. The van der Waals surface area contributed by atoms with Gasteiger partial charge in [-0.05, 0) is 129 Å². The first-order valence-corrected chi connectivity index (χ1v) is 20.6. The van der Waals surface area contributed by atoms with Crippen LogP contribution in [-0.2, 0) is 29.7 Å². The fourth-order valence-corrected chi connectivity index (χ4v) is 9.84. The Bertz CT molecular complexity index is 2280. The highest BCUT2D eigenvalue weighted by Gasteiger charge is 2.39. The molecule has 1 N–H and O–H groups in total. The number of aryl methyl sites for hydroxylation is 1. The van der Waals surface area contributed by atoms with Crippen molar-refractivity contribution in [2.75, 3.05) is 58.4 Å². The lowest BCUT2D eigenvalue weighted by Crippen LogP contribution is -2.52. The minimum absolute atomic E-state index is 0.00871. The van der Waals surface area contributed by atoms with Crippen LogP contribution in [0.5, 0.6) is 11.5 Å². The summed E-state index contributed by atoms with van der Waals surface area (Å²) in [5, 5.41) is 4.03. The molecule has 0 bridgehead atoms. The molecule has 4 saturated heterocycles. The summed E-state index contributed by atoms with van der Waals surface area (Å²) >= 11 is 0. The molecule has 12 nitrogen and oxygen atoms in total. The van der Waals surface area contributed by atoms with Crippen LogP contribution in [0.1, 0.15) is 77.9 Å². The third-order valence-corrected chi connectivity index (χ3v) is 13.3. The summed E-state index contributed by atoms with van der Waals surface area (Å²) < 4.78 is 13.7. The summed E-state index contributed by atoms with van der Waals surface area (Å²) in [5.74, 6) is 1.22. The van der Waals surface area contributed by atoms with Crippen LogP contribution in [0, 0.1) is 0 Å². The average Bonchev–Trinajstić information content (AvgIpc) is 3.53. The Labute approximate surface area is 333 Å². The van der Waals surface area contributed by atoms with Crippen molar-refractivity contribution in [2.24, 2.45) is 7.05 Å². The van der Waals surface area contributed by atoms with Crippen LogP contribution in [0.25, 0.3) is 21.9 Å². The van der Waals surface area contributed by atoms with E-state index in [1.54, 1.807) is 23.7 Å². The molecule has 0 aliphatic carbocycles. The Morgan fingerprint density at radius 3 is 2.18 bits per heavy atom. The topological polar surface area (TPSA) is 117 Å². The SMILES string of the molecule is COc1cc(-c2cn(C)c(=O)c3ccc(N4CCC4)cc23)cc(OC)c1CN1CCC(N2CCC(c3ccc4c(c3)C(=O)N(C3CCC(=O)NC3=O)C4)CC2)CC1. The van der Waals surface area contributed by atoms with Crippen molar-refractivity contribution >= 4 is 34.2 Å². The van der Waals surface area contributed by atoms with E-state index in [9.17, 15) is 19.2 Å². The third-order valence-electron chi connectivity index (χ3n) is 13.3. The van der Waals surface area contributed by atoms with Crippen LogP contribution in [-0.4, -0.2) is 103 Å². The highest BCUT2D eigenvalue weighted by Crippen LogP contribution is 2.40. The smallest absolute Gasteiger partial charge is 0.258 e. The number of benzene rings is 3. The number of carbonyl (C=O) groups is 3. The van der Waals surface area contributed by atoms with E-state index in [2.05, 4.69) is 62.5 Å². The first-order chi connectivity index (χ1) is 27.7. The maximum absolute atomic E-state index is 13.4. The number of pyridine rings is 1. The van der Waals surface area contributed by atoms with Gasteiger partial charge in [-0.2, -0.15) is 0 Å². The van der Waals surface area contributed by atoms with E-state index in [0.717, 1.165) is 116 Å². The molecule has 5 aliphatic rings. The largest absolute Gasteiger partial charge is 0.496 e. The van der Waals surface area contributed by atoms with Gasteiger partial charge in [-0.15, -0.1) is 0 Å². The normalized spacial score (nSPS) is 21.2. The number of anilines is 1. The number of fused-ring (bicyclic) bond motifs is 2. The van der Waals surface area contributed by atoms with Gasteiger partial charge in [-0.1, -0.05) is 12.1 Å². The lowest BCUT2D eigenvalue weighted by atomic mass is 9.86. The number of rotatable bonds is 9. The molecule has 3 aromatic carbocycles. The molecule has 6 heterocycles. The van der Waals surface area contributed by atoms with Crippen LogP contribution in [0.2, 0.25) is 0 Å². The lowest BCUT2D eigenvalue weighted by Gasteiger charge is -2.42. The molecule has 1 unspecified atom stereocenters. The van der Waals surface area contributed by atoms with Crippen LogP contribution >= 0.6 is 0 Å². The highest BCUT2D eigenvalue weighted by molar-refractivity contribution is 6.05. The summed E-state index contributed by atoms with van der Waals surface area (Å²) in [6, 6.07) is 16.6. The molecular formula is C45H52N6O6. The Balaban J connectivity index is 0.834. The summed E-state index contributed by atoms with van der Waals surface area (Å²) in [6.45, 7) is 7.25. The van der Waals surface area contributed by atoms with Crippen molar-refractivity contribution in [3.05, 3.63) is 87.3 Å². The first kappa shape index (κ1) is 37.4. The maximum atomic E-state index is 13.4. The molecule has 4 aromatic rings. The lowest BCUT2D eigenvalue weighted by molar-refractivity contribution is -0.136. The van der Waals surface area contributed by atoms with E-state index in [1.165, 1.54) is 12.0 Å². The van der Waals surface area contributed by atoms with Gasteiger partial charge < -0.3 is 28.7 Å². The predicted octanol–water partition coefficient (Wildman–Crippen LogP) is 5.04. The molecule has 0 spiro atoms. The van der Waals surface area contributed by atoms with E-state index in [0.29, 0.717) is 35.9 Å². The standard InChI is InChI=1S/C45H52N6O6/c1-47-26-37(36-24-33(49-15-4-16-49)7-8-34(36)44(47)54)31-22-40(56-2)38(41(23-31)57-3)27-48-17-13-32(14-18-48)50-19-11-28(12-20-50)29-5-6-30-25-51(45(55)35(30)21-29)39-9-10-42(52)46-43(39)53/h5-8,21-24,26,28,32,39H,4,9-20,25,27H2,1-3H3,(H,46,52,53). The summed E-state index contributed by atoms with van der Waals surface area (Å²) in [6.07, 6.45) is 8.05. The van der Waals surface area contributed by atoms with Gasteiger partial charge in [-0.3, -0.25) is 29.4 Å². The number of hydrogen-bond acceptors (Lipinski definition) is 9. The molecule has 1 atom stereocenters. The third kappa shape index (κ3) is 6.96. The summed E-state index contributed by atoms with van der Waals surface area (Å²) in [4.78, 5) is 59.9. The number of methoxy groups -OCH3 is 2. The minimum atomic E-state index is -0.590. The monoisotopic (exact) mass is 772 g/mol. The van der Waals surface area contributed by atoms with Gasteiger partial charge >= 0.3 is 0 Å². The van der Waals surface area contributed by atoms with E-state index in [-0.39, 0.29) is 29.7 Å². The number of hydrogen-bond donors (Lipinski definition) is 1. The van der Waals surface area contributed by atoms with E-state index >= 15 is 0 Å². The van der Waals surface area contributed by atoms with Crippen LogP contribution in [0.4, 0.5) is 5.69 Å². The zero-order chi connectivity index (χ0) is 39.4. The van der Waals surface area contributed by atoms with Gasteiger partial charge in [0.05, 0.1) is 19.8 Å². The van der Waals surface area contributed by atoms with Crippen molar-refractivity contribution in [3.63, 3.8) is 0 Å². The Morgan fingerprint density at radius 1 is 0.772 bits per heavy atom. The van der Waals surface area contributed by atoms with Crippen LogP contribution in [0.3, 0.4) is 0 Å². The second-order valence-corrected chi connectivity index (χ2v) is 16.5. The quantitative estimate of drug-likeness (QED) is 0.234. The number of amides is 3. The zero-order valence-electron chi connectivity index (χ0n) is 33.2.